The lowest BCUT2D eigenvalue weighted by Gasteiger charge is -2.36. The first kappa shape index (κ1) is 26.9. The Hall–Kier alpha value is -3.68. The van der Waals surface area contributed by atoms with Gasteiger partial charge in [0.05, 0.1) is 6.04 Å². The highest BCUT2D eigenvalue weighted by atomic mass is 16.2. The summed E-state index contributed by atoms with van der Waals surface area (Å²) in [4.78, 5) is 50.5. The summed E-state index contributed by atoms with van der Waals surface area (Å²) in [6.07, 6.45) is 12.6. The summed E-state index contributed by atoms with van der Waals surface area (Å²) < 4.78 is 0. The van der Waals surface area contributed by atoms with Crippen molar-refractivity contribution in [3.8, 4) is 11.1 Å². The fraction of sp³-hybridized carbons (Fsp3) is 0.484. The zero-order valence-electron chi connectivity index (χ0n) is 23.2. The van der Waals surface area contributed by atoms with Crippen molar-refractivity contribution < 1.29 is 14.4 Å². The first-order valence-electron chi connectivity index (χ1n) is 14.2. The lowest BCUT2D eigenvalue weighted by atomic mass is 9.83. The fourth-order valence-electron chi connectivity index (χ4n) is 6.22. The molecule has 1 aromatic carbocycles. The summed E-state index contributed by atoms with van der Waals surface area (Å²) in [5.74, 6) is -0.384. The first-order valence-corrected chi connectivity index (χ1v) is 14.2. The van der Waals surface area contributed by atoms with Gasteiger partial charge < -0.3 is 20.1 Å². The number of carbonyl (C=O) groups excluding carboxylic acids is 3. The Morgan fingerprint density at radius 3 is 2.62 bits per heavy atom. The highest BCUT2D eigenvalue weighted by Crippen LogP contribution is 2.37. The second kappa shape index (κ2) is 11.6. The van der Waals surface area contributed by atoms with E-state index in [9.17, 15) is 14.4 Å². The number of rotatable bonds is 7. The molecule has 0 bridgehead atoms. The van der Waals surface area contributed by atoms with Crippen LogP contribution in [-0.4, -0.2) is 63.2 Å². The van der Waals surface area contributed by atoms with E-state index in [1.807, 2.05) is 35.6 Å². The lowest BCUT2D eigenvalue weighted by Crippen LogP contribution is -2.56. The molecule has 1 saturated heterocycles. The molecule has 1 saturated carbocycles. The zero-order chi connectivity index (χ0) is 27.5. The Bertz CT molecular complexity index is 1340. The zero-order valence-corrected chi connectivity index (χ0v) is 23.2. The van der Waals surface area contributed by atoms with Crippen LogP contribution in [0, 0.1) is 5.92 Å². The molecule has 1 aliphatic heterocycles. The van der Waals surface area contributed by atoms with Gasteiger partial charge in [-0.25, -0.2) is 0 Å². The minimum atomic E-state index is -0.646. The average Bonchev–Trinajstić information content (AvgIpc) is 3.63. The van der Waals surface area contributed by atoms with Crippen molar-refractivity contribution in [2.75, 3.05) is 13.6 Å². The van der Waals surface area contributed by atoms with Gasteiger partial charge in [0.15, 0.2) is 0 Å². The van der Waals surface area contributed by atoms with Crippen molar-refractivity contribution in [2.45, 2.75) is 76.9 Å². The number of benzene rings is 1. The highest BCUT2D eigenvalue weighted by molar-refractivity contribution is 5.95. The van der Waals surface area contributed by atoms with Crippen LogP contribution in [0.4, 0.5) is 0 Å². The maximum absolute atomic E-state index is 14.2. The molecule has 3 heterocycles. The Balaban J connectivity index is 1.40. The topological polar surface area (TPSA) is 98.4 Å². The first-order chi connectivity index (χ1) is 18.8. The van der Waals surface area contributed by atoms with Crippen LogP contribution in [0.5, 0.6) is 0 Å². The number of fused-ring (bicyclic) bond motifs is 1. The van der Waals surface area contributed by atoms with E-state index in [0.717, 1.165) is 72.5 Å². The molecule has 8 nitrogen and oxygen atoms in total. The smallest absolute Gasteiger partial charge is 0.245 e. The predicted octanol–water partition coefficient (Wildman–Crippen LogP) is 4.83. The number of aromatic nitrogens is 2. The standard InChI is InChI=1S/C31H39N5O3/c1-20(35(3)21(2)37)30(38)34-29(22-10-5-4-6-11-22)31(39)36-15-9-14-28(36)24-16-23(17-32-18-24)26-19-33-27-13-8-7-12-25(26)27/h7-8,12-13,16-20,22,28-29,33H,4-6,9-11,14-15H2,1-3H3,(H,34,38)/t20-,28-,29-/m0/s1. The molecule has 8 heteroatoms. The molecule has 3 amide bonds. The van der Waals surface area contributed by atoms with E-state index in [1.165, 1.54) is 11.8 Å². The number of likely N-dealkylation sites (tertiary alicyclic amines) is 1. The molecular weight excluding hydrogens is 490 g/mol. The molecule has 2 fully saturated rings. The Morgan fingerprint density at radius 1 is 1.08 bits per heavy atom. The van der Waals surface area contributed by atoms with E-state index in [0.29, 0.717) is 6.54 Å². The van der Waals surface area contributed by atoms with Gasteiger partial charge in [0.2, 0.25) is 17.7 Å². The van der Waals surface area contributed by atoms with Crippen molar-refractivity contribution >= 4 is 28.6 Å². The molecule has 0 unspecified atom stereocenters. The van der Waals surface area contributed by atoms with Gasteiger partial charge in [0.25, 0.3) is 0 Å². The van der Waals surface area contributed by atoms with E-state index >= 15 is 0 Å². The van der Waals surface area contributed by atoms with Gasteiger partial charge in [-0.15, -0.1) is 0 Å². The molecule has 2 N–H and O–H groups in total. The van der Waals surface area contributed by atoms with Gasteiger partial charge in [0, 0.05) is 61.1 Å². The number of carbonyl (C=O) groups is 3. The van der Waals surface area contributed by atoms with Crippen LogP contribution in [0.25, 0.3) is 22.0 Å². The quantitative estimate of drug-likeness (QED) is 0.458. The molecule has 2 aliphatic rings. The molecule has 39 heavy (non-hydrogen) atoms. The summed E-state index contributed by atoms with van der Waals surface area (Å²) in [7, 11) is 1.62. The number of pyridine rings is 1. The van der Waals surface area contributed by atoms with E-state index in [1.54, 1.807) is 14.0 Å². The van der Waals surface area contributed by atoms with Crippen molar-refractivity contribution in [3.05, 3.63) is 54.5 Å². The fourth-order valence-corrected chi connectivity index (χ4v) is 6.22. The summed E-state index contributed by atoms with van der Waals surface area (Å²) in [5, 5.41) is 4.22. The highest BCUT2D eigenvalue weighted by Gasteiger charge is 2.39. The maximum atomic E-state index is 14.2. The Labute approximate surface area is 230 Å². The number of hydrogen-bond donors (Lipinski definition) is 2. The Morgan fingerprint density at radius 2 is 1.85 bits per heavy atom. The molecule has 0 spiro atoms. The van der Waals surface area contributed by atoms with Gasteiger partial charge in [0.1, 0.15) is 12.1 Å². The van der Waals surface area contributed by atoms with Crippen LogP contribution in [0.15, 0.2) is 48.9 Å². The molecule has 5 rings (SSSR count). The van der Waals surface area contributed by atoms with Gasteiger partial charge in [-0.1, -0.05) is 37.5 Å². The van der Waals surface area contributed by atoms with Crippen LogP contribution in [-0.2, 0) is 14.4 Å². The van der Waals surface area contributed by atoms with Crippen LogP contribution in [0.1, 0.15) is 70.4 Å². The summed E-state index contributed by atoms with van der Waals surface area (Å²) in [6, 6.07) is 9.03. The van der Waals surface area contributed by atoms with Gasteiger partial charge in [-0.2, -0.15) is 0 Å². The predicted molar refractivity (Wildman–Crippen MR) is 152 cm³/mol. The van der Waals surface area contributed by atoms with Crippen LogP contribution >= 0.6 is 0 Å². The third-order valence-electron chi connectivity index (χ3n) is 8.72. The molecular formula is C31H39N5O3. The molecule has 206 valence electrons. The minimum Gasteiger partial charge on any atom is -0.361 e. The third kappa shape index (κ3) is 5.56. The minimum absolute atomic E-state index is 0.0204. The number of nitrogens with one attached hydrogen (secondary N) is 2. The van der Waals surface area contributed by atoms with Crippen molar-refractivity contribution in [1.29, 1.82) is 0 Å². The van der Waals surface area contributed by atoms with Gasteiger partial charge in [-0.3, -0.25) is 19.4 Å². The summed E-state index contributed by atoms with van der Waals surface area (Å²) in [5.41, 5.74) is 4.20. The largest absolute Gasteiger partial charge is 0.361 e. The van der Waals surface area contributed by atoms with Gasteiger partial charge >= 0.3 is 0 Å². The molecule has 0 radical (unpaired) electrons. The maximum Gasteiger partial charge on any atom is 0.245 e. The van der Waals surface area contributed by atoms with Crippen LogP contribution in [0.2, 0.25) is 0 Å². The second-order valence-electron chi connectivity index (χ2n) is 11.1. The normalized spacial score (nSPS) is 19.6. The number of para-hydroxylation sites is 1. The lowest BCUT2D eigenvalue weighted by molar-refractivity contribution is -0.142. The summed E-state index contributed by atoms with van der Waals surface area (Å²) in [6.45, 7) is 3.81. The van der Waals surface area contributed by atoms with E-state index in [4.69, 9.17) is 0 Å². The van der Waals surface area contributed by atoms with Gasteiger partial charge in [-0.05, 0) is 56.2 Å². The Kier molecular flexibility index (Phi) is 8.00. The number of nitrogens with zero attached hydrogens (tertiary/aromatic N) is 3. The van der Waals surface area contributed by atoms with E-state index < -0.39 is 12.1 Å². The number of H-pyrrole nitrogens is 1. The molecule has 3 aromatic rings. The number of hydrogen-bond acceptors (Lipinski definition) is 4. The molecule has 1 aliphatic carbocycles. The molecule has 2 aromatic heterocycles. The summed E-state index contributed by atoms with van der Waals surface area (Å²) >= 11 is 0. The number of aromatic amines is 1. The number of amides is 3. The second-order valence-corrected chi connectivity index (χ2v) is 11.1. The van der Waals surface area contributed by atoms with Crippen molar-refractivity contribution in [3.63, 3.8) is 0 Å². The van der Waals surface area contributed by atoms with E-state index in [2.05, 4.69) is 33.5 Å². The van der Waals surface area contributed by atoms with Crippen molar-refractivity contribution in [2.24, 2.45) is 5.92 Å². The third-order valence-corrected chi connectivity index (χ3v) is 8.72. The average molecular weight is 530 g/mol. The monoisotopic (exact) mass is 529 g/mol. The van der Waals surface area contributed by atoms with Crippen molar-refractivity contribution in [1.82, 2.24) is 25.1 Å². The number of likely N-dealkylation sites (N-methyl/N-ethyl adjacent to an activating group) is 1. The van der Waals surface area contributed by atoms with E-state index in [-0.39, 0.29) is 29.7 Å². The van der Waals surface area contributed by atoms with Crippen LogP contribution in [0.3, 0.4) is 0 Å². The molecule has 3 atom stereocenters. The van der Waals surface area contributed by atoms with Crippen LogP contribution < -0.4 is 5.32 Å². The SMILES string of the molecule is CC(=O)N(C)[C@@H](C)C(=O)N[C@H](C(=O)N1CCC[C@H]1c1cncc(-c2c[nH]c3ccccc23)c1)C1CCCCC1.